The Bertz CT molecular complexity index is 596. The van der Waals surface area contributed by atoms with Crippen LogP contribution in [0.4, 0.5) is 5.69 Å². The predicted molar refractivity (Wildman–Crippen MR) is 99.4 cm³/mol. The molecule has 2 saturated heterocycles. The molecule has 1 N–H and O–H groups in total. The molecule has 0 radical (unpaired) electrons. The minimum Gasteiger partial charge on any atom is -0.379 e. The number of hydrogen-bond donors (Lipinski definition) is 1. The van der Waals surface area contributed by atoms with Gasteiger partial charge >= 0.3 is 0 Å². The first kappa shape index (κ1) is 18.9. The van der Waals surface area contributed by atoms with E-state index in [1.807, 2.05) is 12.1 Å². The summed E-state index contributed by atoms with van der Waals surface area (Å²) in [6.07, 6.45) is 5.83. The number of carbonyl (C=O) groups is 2. The number of rotatable bonds is 8. The smallest absolute Gasteiger partial charge is 0.251 e. The van der Waals surface area contributed by atoms with E-state index in [0.717, 1.165) is 50.9 Å². The quantitative estimate of drug-likeness (QED) is 0.724. The maximum atomic E-state index is 12.2. The van der Waals surface area contributed by atoms with Gasteiger partial charge in [0.1, 0.15) is 0 Å². The third kappa shape index (κ3) is 5.29. The van der Waals surface area contributed by atoms with E-state index in [4.69, 9.17) is 9.47 Å². The molecule has 2 aliphatic rings. The first-order chi connectivity index (χ1) is 12.7. The fraction of sp³-hybridized carbons (Fsp3) is 0.600. The van der Waals surface area contributed by atoms with Gasteiger partial charge in [-0.05, 0) is 56.4 Å². The van der Waals surface area contributed by atoms with E-state index in [1.165, 1.54) is 0 Å². The highest BCUT2D eigenvalue weighted by Crippen LogP contribution is 2.21. The lowest BCUT2D eigenvalue weighted by molar-refractivity contribution is -0.119. The molecule has 2 amide bonds. The zero-order valence-electron chi connectivity index (χ0n) is 15.2. The van der Waals surface area contributed by atoms with Gasteiger partial charge in [0.05, 0.1) is 12.7 Å². The first-order valence-electron chi connectivity index (χ1n) is 9.62. The number of piperidine rings is 1. The normalized spacial score (nSPS) is 20.4. The van der Waals surface area contributed by atoms with Crippen molar-refractivity contribution in [3.63, 3.8) is 0 Å². The van der Waals surface area contributed by atoms with Gasteiger partial charge in [-0.2, -0.15) is 0 Å². The van der Waals surface area contributed by atoms with Crippen LogP contribution in [0.5, 0.6) is 0 Å². The van der Waals surface area contributed by atoms with Crippen LogP contribution in [0.25, 0.3) is 0 Å². The third-order valence-corrected chi connectivity index (χ3v) is 4.84. The minimum atomic E-state index is -0.0966. The maximum absolute atomic E-state index is 12.2. The fourth-order valence-electron chi connectivity index (χ4n) is 3.34. The van der Waals surface area contributed by atoms with Crippen molar-refractivity contribution in [3.8, 4) is 0 Å². The third-order valence-electron chi connectivity index (χ3n) is 4.84. The van der Waals surface area contributed by atoms with Gasteiger partial charge in [0.25, 0.3) is 5.91 Å². The second kappa shape index (κ2) is 9.69. The van der Waals surface area contributed by atoms with E-state index in [-0.39, 0.29) is 17.9 Å². The molecule has 142 valence electrons. The number of nitrogens with one attached hydrogen (secondary N) is 1. The number of carbonyl (C=O) groups excluding carboxylic acids is 2. The van der Waals surface area contributed by atoms with Gasteiger partial charge in [0.2, 0.25) is 5.91 Å². The summed E-state index contributed by atoms with van der Waals surface area (Å²) in [6.45, 7) is 3.45. The minimum absolute atomic E-state index is 0.0966. The summed E-state index contributed by atoms with van der Waals surface area (Å²) in [4.78, 5) is 25.9. The van der Waals surface area contributed by atoms with E-state index >= 15 is 0 Å². The molecule has 1 atom stereocenters. The molecule has 6 nitrogen and oxygen atoms in total. The highest BCUT2D eigenvalue weighted by atomic mass is 16.5. The van der Waals surface area contributed by atoms with Gasteiger partial charge in [-0.3, -0.25) is 9.59 Å². The van der Waals surface area contributed by atoms with Gasteiger partial charge < -0.3 is 19.7 Å². The van der Waals surface area contributed by atoms with Crippen LogP contribution in [0.2, 0.25) is 0 Å². The highest BCUT2D eigenvalue weighted by Gasteiger charge is 2.19. The maximum Gasteiger partial charge on any atom is 0.251 e. The van der Waals surface area contributed by atoms with Crippen LogP contribution in [0.1, 0.15) is 48.9 Å². The van der Waals surface area contributed by atoms with Crippen molar-refractivity contribution < 1.29 is 19.1 Å². The Kier molecular flexibility index (Phi) is 7.03. The number of anilines is 1. The van der Waals surface area contributed by atoms with Crippen molar-refractivity contribution in [2.24, 2.45) is 0 Å². The van der Waals surface area contributed by atoms with E-state index in [2.05, 4.69) is 5.32 Å². The summed E-state index contributed by atoms with van der Waals surface area (Å²) in [5, 5.41) is 2.90. The van der Waals surface area contributed by atoms with Crippen molar-refractivity contribution in [1.82, 2.24) is 5.32 Å². The van der Waals surface area contributed by atoms with Gasteiger partial charge in [0, 0.05) is 44.0 Å². The largest absolute Gasteiger partial charge is 0.379 e. The predicted octanol–water partition coefficient (Wildman–Crippen LogP) is 2.52. The lowest BCUT2D eigenvalue weighted by atomic mass is 10.1. The van der Waals surface area contributed by atoms with Crippen molar-refractivity contribution in [2.75, 3.05) is 37.8 Å². The lowest BCUT2D eigenvalue weighted by Crippen LogP contribution is -2.35. The van der Waals surface area contributed by atoms with Crippen molar-refractivity contribution in [1.29, 1.82) is 0 Å². The van der Waals surface area contributed by atoms with Crippen LogP contribution in [0, 0.1) is 0 Å². The van der Waals surface area contributed by atoms with Crippen molar-refractivity contribution >= 4 is 17.5 Å². The Morgan fingerprint density at radius 2 is 2.08 bits per heavy atom. The topological polar surface area (TPSA) is 67.9 Å². The molecule has 2 aliphatic heterocycles. The Balaban J connectivity index is 1.35. The second-order valence-corrected chi connectivity index (χ2v) is 6.87. The molecule has 0 saturated carbocycles. The Morgan fingerprint density at radius 3 is 2.81 bits per heavy atom. The average Bonchev–Trinajstić information content (AvgIpc) is 3.18. The molecule has 1 aromatic carbocycles. The monoisotopic (exact) mass is 360 g/mol. The van der Waals surface area contributed by atoms with E-state index < -0.39 is 0 Å². The summed E-state index contributed by atoms with van der Waals surface area (Å²) >= 11 is 0. The standard InChI is InChI=1S/C20H28N2O4/c23-19-6-1-2-12-22(19)17-9-7-16(8-10-17)20(24)21-11-4-13-25-15-18-5-3-14-26-18/h7-10,18H,1-6,11-15H2,(H,21,24). The number of ether oxygens (including phenoxy) is 2. The van der Waals surface area contributed by atoms with E-state index in [1.54, 1.807) is 17.0 Å². The Morgan fingerprint density at radius 1 is 1.23 bits per heavy atom. The molecule has 1 aromatic rings. The molecule has 6 heteroatoms. The molecule has 26 heavy (non-hydrogen) atoms. The summed E-state index contributed by atoms with van der Waals surface area (Å²) < 4.78 is 11.1. The Labute approximate surface area is 154 Å². The van der Waals surface area contributed by atoms with E-state index in [9.17, 15) is 9.59 Å². The molecule has 0 bridgehead atoms. The summed E-state index contributed by atoms with van der Waals surface area (Å²) in [7, 11) is 0. The summed E-state index contributed by atoms with van der Waals surface area (Å²) in [5.74, 6) is 0.0668. The molecule has 1 unspecified atom stereocenters. The molecular weight excluding hydrogens is 332 g/mol. The number of hydrogen-bond acceptors (Lipinski definition) is 4. The van der Waals surface area contributed by atoms with Crippen LogP contribution in [0.15, 0.2) is 24.3 Å². The molecule has 2 fully saturated rings. The molecule has 2 heterocycles. The average molecular weight is 360 g/mol. The van der Waals surface area contributed by atoms with Crippen LogP contribution in [-0.4, -0.2) is 50.8 Å². The van der Waals surface area contributed by atoms with Crippen molar-refractivity contribution in [3.05, 3.63) is 29.8 Å². The van der Waals surface area contributed by atoms with E-state index in [0.29, 0.717) is 31.7 Å². The van der Waals surface area contributed by atoms with Gasteiger partial charge in [-0.25, -0.2) is 0 Å². The van der Waals surface area contributed by atoms with Gasteiger partial charge in [0.15, 0.2) is 0 Å². The Hall–Kier alpha value is -1.92. The second-order valence-electron chi connectivity index (χ2n) is 6.87. The molecule has 3 rings (SSSR count). The number of amides is 2. The summed E-state index contributed by atoms with van der Waals surface area (Å²) in [6, 6.07) is 7.26. The van der Waals surface area contributed by atoms with Gasteiger partial charge in [-0.15, -0.1) is 0 Å². The highest BCUT2D eigenvalue weighted by molar-refractivity contribution is 5.96. The molecule has 0 aliphatic carbocycles. The first-order valence-corrected chi connectivity index (χ1v) is 9.62. The summed E-state index contributed by atoms with van der Waals surface area (Å²) in [5.41, 5.74) is 1.48. The van der Waals surface area contributed by atoms with Crippen LogP contribution in [0.3, 0.4) is 0 Å². The molecule has 0 aromatic heterocycles. The SMILES string of the molecule is O=C(NCCCOCC1CCCO1)c1ccc(N2CCCCC2=O)cc1. The van der Waals surface area contributed by atoms with Gasteiger partial charge in [-0.1, -0.05) is 0 Å². The zero-order chi connectivity index (χ0) is 18.2. The van der Waals surface area contributed by atoms with Crippen LogP contribution < -0.4 is 10.2 Å². The number of benzene rings is 1. The van der Waals surface area contributed by atoms with Crippen molar-refractivity contribution in [2.45, 2.75) is 44.6 Å². The zero-order valence-corrected chi connectivity index (χ0v) is 15.2. The molecule has 0 spiro atoms. The fourth-order valence-corrected chi connectivity index (χ4v) is 3.34. The number of nitrogens with zero attached hydrogens (tertiary/aromatic N) is 1. The van der Waals surface area contributed by atoms with Crippen LogP contribution in [-0.2, 0) is 14.3 Å². The molecular formula is C20H28N2O4. The van der Waals surface area contributed by atoms with Crippen LogP contribution >= 0.6 is 0 Å². The lowest BCUT2D eigenvalue weighted by Gasteiger charge is -2.26.